The first-order valence-electron chi connectivity index (χ1n) is 5.23. The van der Waals surface area contributed by atoms with Crippen molar-refractivity contribution in [3.05, 3.63) is 21.3 Å². The molecule has 1 heterocycles. The highest BCUT2D eigenvalue weighted by Gasteiger charge is 2.17. The number of nitrogens with one attached hydrogen (secondary N) is 1. The van der Waals surface area contributed by atoms with Crippen LogP contribution in [0.5, 0.6) is 0 Å². The van der Waals surface area contributed by atoms with Crippen molar-refractivity contribution in [1.29, 1.82) is 0 Å². The number of nitrogens with zero attached hydrogens (tertiary/aromatic N) is 1. The fourth-order valence-electron chi connectivity index (χ4n) is 1.23. The van der Waals surface area contributed by atoms with Gasteiger partial charge in [0, 0.05) is 6.54 Å². The molecule has 0 aliphatic carbocycles. The van der Waals surface area contributed by atoms with Crippen LogP contribution in [0.1, 0.15) is 16.1 Å². The minimum absolute atomic E-state index is 0.375. The molecule has 94 valence electrons. The van der Waals surface area contributed by atoms with Gasteiger partial charge >= 0.3 is 0 Å². The van der Waals surface area contributed by atoms with E-state index in [1.807, 2.05) is 19.0 Å². The van der Waals surface area contributed by atoms with E-state index in [4.69, 9.17) is 11.6 Å². The Balaban J connectivity index is 2.35. The molecule has 0 saturated carbocycles. The minimum Gasteiger partial charge on any atom is -0.349 e. The second kappa shape index (κ2) is 6.74. The number of hydrogen-bond acceptors (Lipinski definition) is 4. The molecule has 1 aromatic rings. The van der Waals surface area contributed by atoms with Gasteiger partial charge in [-0.25, -0.2) is 0 Å². The van der Waals surface area contributed by atoms with Crippen LogP contribution in [0.15, 0.2) is 12.1 Å². The summed E-state index contributed by atoms with van der Waals surface area (Å²) in [6.45, 7) is 1.38. The number of Topliss-reactive ketones (excluding diaryl/α,β-unsaturated/α-hetero) is 1. The first-order chi connectivity index (χ1) is 8.00. The number of rotatable bonds is 6. The number of carbonyl (C=O) groups excluding carboxylic acids is 2. The van der Waals surface area contributed by atoms with Gasteiger partial charge in [-0.2, -0.15) is 0 Å². The van der Waals surface area contributed by atoms with Gasteiger partial charge in [0.25, 0.3) is 11.7 Å². The van der Waals surface area contributed by atoms with E-state index in [0.29, 0.717) is 15.8 Å². The van der Waals surface area contributed by atoms with Crippen LogP contribution < -0.4 is 5.32 Å². The molecule has 0 spiro atoms. The summed E-state index contributed by atoms with van der Waals surface area (Å²) in [5.41, 5.74) is 0. The molecule has 0 aromatic carbocycles. The van der Waals surface area contributed by atoms with Crippen molar-refractivity contribution in [1.82, 2.24) is 10.2 Å². The molecule has 1 amide bonds. The van der Waals surface area contributed by atoms with Crippen LogP contribution in [-0.4, -0.2) is 43.8 Å². The second-order valence-electron chi connectivity index (χ2n) is 3.85. The van der Waals surface area contributed by atoms with Gasteiger partial charge in [0.05, 0.1) is 9.21 Å². The van der Waals surface area contributed by atoms with Crippen LogP contribution >= 0.6 is 22.9 Å². The van der Waals surface area contributed by atoms with Crippen LogP contribution in [0.4, 0.5) is 0 Å². The third-order valence-electron chi connectivity index (χ3n) is 2.07. The average Bonchev–Trinajstić information content (AvgIpc) is 2.69. The lowest BCUT2D eigenvalue weighted by Crippen LogP contribution is -2.32. The Kier molecular flexibility index (Phi) is 5.61. The fourth-order valence-corrected chi connectivity index (χ4v) is 2.21. The Morgan fingerprint density at radius 3 is 2.65 bits per heavy atom. The number of hydrogen-bond donors (Lipinski definition) is 1. The van der Waals surface area contributed by atoms with E-state index in [2.05, 4.69) is 5.32 Å². The Hall–Kier alpha value is -0.910. The first kappa shape index (κ1) is 14.2. The van der Waals surface area contributed by atoms with E-state index in [1.54, 1.807) is 12.1 Å². The molecular weight excluding hydrogens is 260 g/mol. The van der Waals surface area contributed by atoms with E-state index in [9.17, 15) is 9.59 Å². The summed E-state index contributed by atoms with van der Waals surface area (Å²) in [7, 11) is 3.92. The number of halogens is 1. The van der Waals surface area contributed by atoms with Crippen molar-refractivity contribution in [3.63, 3.8) is 0 Å². The van der Waals surface area contributed by atoms with Gasteiger partial charge in [-0.15, -0.1) is 11.3 Å². The van der Waals surface area contributed by atoms with Gasteiger partial charge in [-0.1, -0.05) is 11.6 Å². The SMILES string of the molecule is CN(C)CCCNC(=O)C(=O)c1ccc(Cl)s1. The van der Waals surface area contributed by atoms with Gasteiger partial charge < -0.3 is 10.2 Å². The van der Waals surface area contributed by atoms with E-state index in [1.165, 1.54) is 0 Å². The second-order valence-corrected chi connectivity index (χ2v) is 5.56. The summed E-state index contributed by atoms with van der Waals surface area (Å²) in [5.74, 6) is -1.09. The van der Waals surface area contributed by atoms with Crippen molar-refractivity contribution in [3.8, 4) is 0 Å². The smallest absolute Gasteiger partial charge is 0.293 e. The molecule has 1 N–H and O–H groups in total. The maximum Gasteiger partial charge on any atom is 0.293 e. The van der Waals surface area contributed by atoms with E-state index < -0.39 is 11.7 Å². The highest BCUT2D eigenvalue weighted by molar-refractivity contribution is 7.18. The summed E-state index contributed by atoms with van der Waals surface area (Å²) in [6.07, 6.45) is 0.817. The summed E-state index contributed by atoms with van der Waals surface area (Å²) in [6, 6.07) is 3.17. The van der Waals surface area contributed by atoms with Crippen LogP contribution in [0.25, 0.3) is 0 Å². The molecule has 17 heavy (non-hydrogen) atoms. The van der Waals surface area contributed by atoms with Crippen LogP contribution in [0.2, 0.25) is 4.34 Å². The highest BCUT2D eigenvalue weighted by atomic mass is 35.5. The molecule has 0 fully saturated rings. The van der Waals surface area contributed by atoms with Crippen LogP contribution in [-0.2, 0) is 4.79 Å². The van der Waals surface area contributed by atoms with E-state index >= 15 is 0 Å². The van der Waals surface area contributed by atoms with Gasteiger partial charge in [-0.05, 0) is 39.2 Å². The molecule has 0 saturated heterocycles. The van der Waals surface area contributed by atoms with Crippen molar-refractivity contribution < 1.29 is 9.59 Å². The normalized spacial score (nSPS) is 10.6. The summed E-state index contributed by atoms with van der Waals surface area (Å²) in [5, 5.41) is 2.59. The predicted molar refractivity (Wildman–Crippen MR) is 69.8 cm³/mol. The van der Waals surface area contributed by atoms with E-state index in [-0.39, 0.29) is 0 Å². The standard InChI is InChI=1S/C11H15ClN2O2S/c1-14(2)7-3-6-13-11(16)10(15)8-4-5-9(12)17-8/h4-5H,3,6-7H2,1-2H3,(H,13,16). The number of thiophene rings is 1. The zero-order chi connectivity index (χ0) is 12.8. The third-order valence-corrected chi connectivity index (χ3v) is 3.30. The molecule has 6 heteroatoms. The fraction of sp³-hybridized carbons (Fsp3) is 0.455. The Morgan fingerprint density at radius 1 is 1.41 bits per heavy atom. The van der Waals surface area contributed by atoms with Crippen LogP contribution in [0, 0.1) is 0 Å². The molecule has 0 radical (unpaired) electrons. The molecule has 0 bridgehead atoms. The Morgan fingerprint density at radius 2 is 2.12 bits per heavy atom. The van der Waals surface area contributed by atoms with Crippen molar-refractivity contribution in [2.24, 2.45) is 0 Å². The Labute approximate surface area is 110 Å². The van der Waals surface area contributed by atoms with Crippen LogP contribution in [0.3, 0.4) is 0 Å². The van der Waals surface area contributed by atoms with E-state index in [0.717, 1.165) is 24.3 Å². The summed E-state index contributed by atoms with van der Waals surface area (Å²) < 4.78 is 0.508. The van der Waals surface area contributed by atoms with Crippen molar-refractivity contribution in [2.45, 2.75) is 6.42 Å². The molecular formula is C11H15ClN2O2S. The summed E-state index contributed by atoms with van der Waals surface area (Å²) >= 11 is 6.81. The predicted octanol–water partition coefficient (Wildman–Crippen LogP) is 1.65. The third kappa shape index (κ3) is 4.85. The average molecular weight is 275 g/mol. The van der Waals surface area contributed by atoms with Gasteiger partial charge in [0.2, 0.25) is 0 Å². The zero-order valence-corrected chi connectivity index (χ0v) is 11.4. The van der Waals surface area contributed by atoms with Gasteiger partial charge in [-0.3, -0.25) is 9.59 Å². The Bertz CT molecular complexity index is 404. The minimum atomic E-state index is -0.567. The van der Waals surface area contributed by atoms with Gasteiger partial charge in [0.15, 0.2) is 0 Å². The molecule has 1 rings (SSSR count). The molecule has 1 aromatic heterocycles. The molecule has 0 atom stereocenters. The number of amides is 1. The lowest BCUT2D eigenvalue weighted by molar-refractivity contribution is -0.117. The maximum absolute atomic E-state index is 11.6. The largest absolute Gasteiger partial charge is 0.349 e. The van der Waals surface area contributed by atoms with Crippen molar-refractivity contribution in [2.75, 3.05) is 27.2 Å². The highest BCUT2D eigenvalue weighted by Crippen LogP contribution is 2.21. The lowest BCUT2D eigenvalue weighted by Gasteiger charge is -2.09. The monoisotopic (exact) mass is 274 g/mol. The van der Waals surface area contributed by atoms with Crippen molar-refractivity contribution >= 4 is 34.6 Å². The first-order valence-corrected chi connectivity index (χ1v) is 6.42. The quantitative estimate of drug-likeness (QED) is 0.488. The number of ketones is 1. The zero-order valence-electron chi connectivity index (χ0n) is 9.83. The topological polar surface area (TPSA) is 49.4 Å². The molecule has 0 unspecified atom stereocenters. The lowest BCUT2D eigenvalue weighted by atomic mass is 10.3. The molecule has 0 aliphatic rings. The molecule has 0 aliphatic heterocycles. The number of carbonyl (C=O) groups is 2. The summed E-state index contributed by atoms with van der Waals surface area (Å²) in [4.78, 5) is 25.5. The maximum atomic E-state index is 11.6. The molecule has 4 nitrogen and oxygen atoms in total. The van der Waals surface area contributed by atoms with Gasteiger partial charge in [0.1, 0.15) is 0 Å².